The Morgan fingerprint density at radius 1 is 1.30 bits per heavy atom. The highest BCUT2D eigenvalue weighted by atomic mass is 15.2. The summed E-state index contributed by atoms with van der Waals surface area (Å²) in [7, 11) is 2.11. The van der Waals surface area contributed by atoms with Gasteiger partial charge in [-0.05, 0) is 49.9 Å². The third kappa shape index (κ3) is 3.42. The number of hydrogen-bond donors (Lipinski definition) is 1. The van der Waals surface area contributed by atoms with Gasteiger partial charge in [-0.2, -0.15) is 0 Å². The second-order valence-corrected chi connectivity index (χ2v) is 6.41. The lowest BCUT2D eigenvalue weighted by molar-refractivity contribution is 0.142. The molecule has 112 valence electrons. The lowest BCUT2D eigenvalue weighted by Gasteiger charge is -2.37. The maximum absolute atomic E-state index is 3.60. The van der Waals surface area contributed by atoms with E-state index in [4.69, 9.17) is 0 Å². The molecule has 2 heteroatoms. The number of likely N-dealkylation sites (N-methyl/N-ethyl adjacent to an activating group) is 2. The van der Waals surface area contributed by atoms with Gasteiger partial charge < -0.3 is 5.32 Å². The van der Waals surface area contributed by atoms with Crippen LogP contribution in [0.3, 0.4) is 0 Å². The zero-order valence-electron chi connectivity index (χ0n) is 13.5. The fraction of sp³-hybridized carbons (Fsp3) is 0.667. The molecule has 1 aromatic rings. The minimum atomic E-state index is 0.465. The third-order valence-corrected chi connectivity index (χ3v) is 4.51. The van der Waals surface area contributed by atoms with Gasteiger partial charge in [0.1, 0.15) is 0 Å². The van der Waals surface area contributed by atoms with Crippen LogP contribution in [0.1, 0.15) is 50.8 Å². The van der Waals surface area contributed by atoms with Crippen LogP contribution >= 0.6 is 0 Å². The molecule has 2 unspecified atom stereocenters. The smallest absolute Gasteiger partial charge is 0.0478 e. The largest absolute Gasteiger partial charge is 0.312 e. The number of benzene rings is 1. The summed E-state index contributed by atoms with van der Waals surface area (Å²) in [6, 6.07) is 10.1. The first-order valence-corrected chi connectivity index (χ1v) is 8.16. The van der Waals surface area contributed by atoms with Gasteiger partial charge in [0, 0.05) is 18.6 Å². The summed E-state index contributed by atoms with van der Waals surface area (Å²) in [6.07, 6.45) is 3.82. The Labute approximate surface area is 124 Å². The predicted octanol–water partition coefficient (Wildman–Crippen LogP) is 3.63. The second kappa shape index (κ2) is 7.24. The van der Waals surface area contributed by atoms with Gasteiger partial charge in [0.25, 0.3) is 0 Å². The van der Waals surface area contributed by atoms with E-state index in [9.17, 15) is 0 Å². The predicted molar refractivity (Wildman–Crippen MR) is 87.1 cm³/mol. The highest BCUT2D eigenvalue weighted by Crippen LogP contribution is 2.32. The van der Waals surface area contributed by atoms with Gasteiger partial charge in [0.15, 0.2) is 0 Å². The van der Waals surface area contributed by atoms with Gasteiger partial charge in [-0.15, -0.1) is 0 Å². The summed E-state index contributed by atoms with van der Waals surface area (Å²) in [4.78, 5) is 2.67. The third-order valence-electron chi connectivity index (χ3n) is 4.51. The Kier molecular flexibility index (Phi) is 5.62. The lowest BCUT2D eigenvalue weighted by Crippen LogP contribution is -2.45. The molecule has 1 aromatic carbocycles. The molecule has 0 fully saturated rings. The minimum absolute atomic E-state index is 0.465. The van der Waals surface area contributed by atoms with Crippen molar-refractivity contribution in [1.29, 1.82) is 0 Å². The molecule has 2 nitrogen and oxygen atoms in total. The highest BCUT2D eigenvalue weighted by Gasteiger charge is 2.30. The zero-order valence-corrected chi connectivity index (χ0v) is 13.5. The van der Waals surface area contributed by atoms with Crippen molar-refractivity contribution in [2.75, 3.05) is 20.1 Å². The van der Waals surface area contributed by atoms with Crippen LogP contribution in [0, 0.1) is 5.92 Å². The molecule has 2 atom stereocenters. The summed E-state index contributed by atoms with van der Waals surface area (Å²) >= 11 is 0. The molecule has 20 heavy (non-hydrogen) atoms. The topological polar surface area (TPSA) is 15.3 Å². The van der Waals surface area contributed by atoms with E-state index < -0.39 is 0 Å². The summed E-state index contributed by atoms with van der Waals surface area (Å²) in [5.74, 6) is 0.728. The van der Waals surface area contributed by atoms with Gasteiger partial charge in [0.2, 0.25) is 0 Å². The van der Waals surface area contributed by atoms with Crippen molar-refractivity contribution in [1.82, 2.24) is 10.2 Å². The maximum atomic E-state index is 3.60. The standard InChI is InChI=1S/C18H30N2/c1-5-20(13-14(2)3)17-12-8-10-15-9-6-7-11-16(15)18(17)19-4/h6-7,9,11,14,17-19H,5,8,10,12-13H2,1-4H3. The van der Waals surface area contributed by atoms with E-state index in [1.807, 2.05) is 0 Å². The molecule has 2 rings (SSSR count). The molecular weight excluding hydrogens is 244 g/mol. The van der Waals surface area contributed by atoms with Crippen molar-refractivity contribution in [2.45, 2.75) is 52.1 Å². The summed E-state index contributed by atoms with van der Waals surface area (Å²) in [6.45, 7) is 9.28. The van der Waals surface area contributed by atoms with Gasteiger partial charge in [-0.1, -0.05) is 45.0 Å². The highest BCUT2D eigenvalue weighted by molar-refractivity contribution is 5.32. The van der Waals surface area contributed by atoms with E-state index in [1.54, 1.807) is 0 Å². The van der Waals surface area contributed by atoms with Crippen LogP contribution in [-0.2, 0) is 6.42 Å². The molecule has 0 amide bonds. The SMILES string of the molecule is CCN(CC(C)C)C1CCCc2ccccc2C1NC. The van der Waals surface area contributed by atoms with Gasteiger partial charge >= 0.3 is 0 Å². The molecule has 0 aromatic heterocycles. The Morgan fingerprint density at radius 3 is 2.70 bits per heavy atom. The zero-order chi connectivity index (χ0) is 14.5. The average Bonchev–Trinajstić information content (AvgIpc) is 2.63. The average molecular weight is 274 g/mol. The van der Waals surface area contributed by atoms with Crippen molar-refractivity contribution < 1.29 is 0 Å². The number of hydrogen-bond acceptors (Lipinski definition) is 2. The van der Waals surface area contributed by atoms with Crippen LogP contribution in [-0.4, -0.2) is 31.1 Å². The quantitative estimate of drug-likeness (QED) is 0.825. The van der Waals surface area contributed by atoms with Crippen LogP contribution in [0.5, 0.6) is 0 Å². The van der Waals surface area contributed by atoms with Crippen molar-refractivity contribution in [3.63, 3.8) is 0 Å². The second-order valence-electron chi connectivity index (χ2n) is 6.41. The van der Waals surface area contributed by atoms with Crippen LogP contribution in [0.2, 0.25) is 0 Å². The van der Waals surface area contributed by atoms with Crippen molar-refractivity contribution >= 4 is 0 Å². The molecule has 0 spiro atoms. The van der Waals surface area contributed by atoms with Crippen LogP contribution in [0.25, 0.3) is 0 Å². The Balaban J connectivity index is 2.28. The molecule has 0 radical (unpaired) electrons. The molecule has 0 bridgehead atoms. The number of rotatable bonds is 5. The molecule has 0 aliphatic heterocycles. The summed E-state index contributed by atoms with van der Waals surface area (Å²) < 4.78 is 0. The monoisotopic (exact) mass is 274 g/mol. The van der Waals surface area contributed by atoms with Gasteiger partial charge in [-0.3, -0.25) is 4.90 Å². The minimum Gasteiger partial charge on any atom is -0.312 e. The number of nitrogens with zero attached hydrogens (tertiary/aromatic N) is 1. The molecule has 1 aliphatic carbocycles. The van der Waals surface area contributed by atoms with Crippen molar-refractivity contribution in [2.24, 2.45) is 5.92 Å². The Hall–Kier alpha value is -0.860. The van der Waals surface area contributed by atoms with E-state index in [-0.39, 0.29) is 0 Å². The molecule has 1 aliphatic rings. The van der Waals surface area contributed by atoms with E-state index in [0.717, 1.165) is 12.5 Å². The van der Waals surface area contributed by atoms with E-state index in [2.05, 4.69) is 62.3 Å². The fourth-order valence-corrected chi connectivity index (χ4v) is 3.65. The lowest BCUT2D eigenvalue weighted by atomic mass is 9.94. The molecule has 0 heterocycles. The number of nitrogens with one attached hydrogen (secondary N) is 1. The first-order valence-electron chi connectivity index (χ1n) is 8.16. The first-order chi connectivity index (χ1) is 9.67. The van der Waals surface area contributed by atoms with Crippen molar-refractivity contribution in [3.8, 4) is 0 Å². The maximum Gasteiger partial charge on any atom is 0.0478 e. The van der Waals surface area contributed by atoms with E-state index in [1.165, 1.54) is 36.9 Å². The molecule has 1 N–H and O–H groups in total. The van der Waals surface area contributed by atoms with Crippen molar-refractivity contribution in [3.05, 3.63) is 35.4 Å². The van der Waals surface area contributed by atoms with Crippen LogP contribution in [0.15, 0.2) is 24.3 Å². The summed E-state index contributed by atoms with van der Waals surface area (Å²) in [5.41, 5.74) is 3.05. The summed E-state index contributed by atoms with van der Waals surface area (Å²) in [5, 5.41) is 3.60. The van der Waals surface area contributed by atoms with Crippen LogP contribution in [0.4, 0.5) is 0 Å². The van der Waals surface area contributed by atoms with Gasteiger partial charge in [0.05, 0.1) is 0 Å². The molecule has 0 saturated heterocycles. The van der Waals surface area contributed by atoms with E-state index in [0.29, 0.717) is 12.1 Å². The molecular formula is C18H30N2. The first kappa shape index (κ1) is 15.5. The van der Waals surface area contributed by atoms with Gasteiger partial charge in [-0.25, -0.2) is 0 Å². The Morgan fingerprint density at radius 2 is 2.05 bits per heavy atom. The normalized spacial score (nSPS) is 22.9. The number of fused-ring (bicyclic) bond motifs is 1. The number of aryl methyl sites for hydroxylation is 1. The van der Waals surface area contributed by atoms with Crippen LogP contribution < -0.4 is 5.32 Å². The molecule has 0 saturated carbocycles. The fourth-order valence-electron chi connectivity index (χ4n) is 3.65. The Bertz CT molecular complexity index is 414. The van der Waals surface area contributed by atoms with E-state index >= 15 is 0 Å².